The van der Waals surface area contributed by atoms with E-state index in [1.807, 2.05) is 6.92 Å². The highest BCUT2D eigenvalue weighted by atomic mass is 16.5. The number of ether oxygens (including phenoxy) is 1. The second-order valence-electron chi connectivity index (χ2n) is 4.31. The molecule has 2 rings (SSSR count). The van der Waals surface area contributed by atoms with Crippen molar-refractivity contribution in [3.8, 4) is 11.5 Å². The zero-order chi connectivity index (χ0) is 14.5. The topological polar surface area (TPSA) is 70.6 Å². The van der Waals surface area contributed by atoms with Crippen LogP contribution in [-0.2, 0) is 0 Å². The number of methoxy groups -OCH3 is 1. The Morgan fingerprint density at radius 3 is 2.40 bits per heavy atom. The summed E-state index contributed by atoms with van der Waals surface area (Å²) in [7, 11) is 1.59. The number of phenols is 1. The van der Waals surface area contributed by atoms with Gasteiger partial charge >= 0.3 is 6.03 Å². The first-order valence-corrected chi connectivity index (χ1v) is 6.10. The summed E-state index contributed by atoms with van der Waals surface area (Å²) in [4.78, 5) is 11.9. The molecule has 0 bridgehead atoms. The first kappa shape index (κ1) is 13.7. The molecule has 0 aliphatic heterocycles. The molecule has 0 fully saturated rings. The standard InChI is InChI=1S/C15H16N2O3/c1-10-9-12(18)5-8-14(10)17-15(19)16-11-3-6-13(20-2)7-4-11/h3-9,18H,1-2H3,(H2,16,17,19). The third kappa shape index (κ3) is 3.41. The molecule has 5 heteroatoms. The van der Waals surface area contributed by atoms with Gasteiger partial charge in [0.05, 0.1) is 7.11 Å². The molecule has 20 heavy (non-hydrogen) atoms. The molecule has 0 unspecified atom stereocenters. The summed E-state index contributed by atoms with van der Waals surface area (Å²) in [6.45, 7) is 1.81. The molecule has 3 N–H and O–H groups in total. The molecule has 0 aliphatic carbocycles. The molecule has 0 radical (unpaired) electrons. The van der Waals surface area contributed by atoms with E-state index in [2.05, 4.69) is 10.6 Å². The number of hydrogen-bond donors (Lipinski definition) is 3. The Bertz CT molecular complexity index is 609. The number of carbonyl (C=O) groups excluding carboxylic acids is 1. The predicted octanol–water partition coefficient (Wildman–Crippen LogP) is 3.35. The molecule has 0 saturated heterocycles. The number of urea groups is 1. The highest BCUT2D eigenvalue weighted by Crippen LogP contribution is 2.20. The number of phenolic OH excluding ortho intramolecular Hbond substituents is 1. The van der Waals surface area contributed by atoms with Crippen molar-refractivity contribution in [3.63, 3.8) is 0 Å². The van der Waals surface area contributed by atoms with Crippen LogP contribution in [0.4, 0.5) is 16.2 Å². The van der Waals surface area contributed by atoms with E-state index in [0.717, 1.165) is 11.3 Å². The molecular formula is C15H16N2O3. The van der Waals surface area contributed by atoms with Gasteiger partial charge < -0.3 is 20.5 Å². The summed E-state index contributed by atoms with van der Waals surface area (Å²) < 4.78 is 5.04. The summed E-state index contributed by atoms with van der Waals surface area (Å²) in [6, 6.07) is 11.5. The van der Waals surface area contributed by atoms with Gasteiger partial charge in [-0.05, 0) is 55.0 Å². The second-order valence-corrected chi connectivity index (χ2v) is 4.31. The van der Waals surface area contributed by atoms with Gasteiger partial charge in [-0.1, -0.05) is 0 Å². The average molecular weight is 272 g/mol. The fourth-order valence-electron chi connectivity index (χ4n) is 1.75. The molecule has 104 valence electrons. The molecule has 0 saturated carbocycles. The number of nitrogens with one attached hydrogen (secondary N) is 2. The molecule has 0 aromatic heterocycles. The van der Waals surface area contributed by atoms with E-state index in [9.17, 15) is 9.90 Å². The number of hydrogen-bond acceptors (Lipinski definition) is 3. The summed E-state index contributed by atoms with van der Waals surface area (Å²) in [5.41, 5.74) is 2.10. The van der Waals surface area contributed by atoms with Crippen molar-refractivity contribution in [1.82, 2.24) is 0 Å². The van der Waals surface area contributed by atoms with Crippen molar-refractivity contribution >= 4 is 17.4 Å². The van der Waals surface area contributed by atoms with Gasteiger partial charge in [0.15, 0.2) is 0 Å². The van der Waals surface area contributed by atoms with E-state index in [1.165, 1.54) is 6.07 Å². The number of rotatable bonds is 3. The number of aromatic hydroxyl groups is 1. The molecule has 0 atom stereocenters. The third-order valence-corrected chi connectivity index (χ3v) is 2.81. The fourth-order valence-corrected chi connectivity index (χ4v) is 1.75. The number of benzene rings is 2. The minimum Gasteiger partial charge on any atom is -0.508 e. The van der Waals surface area contributed by atoms with Crippen LogP contribution < -0.4 is 15.4 Å². The molecule has 2 aromatic carbocycles. The van der Waals surface area contributed by atoms with Crippen molar-refractivity contribution in [2.24, 2.45) is 0 Å². The molecule has 0 spiro atoms. The number of amides is 2. The Morgan fingerprint density at radius 2 is 1.80 bits per heavy atom. The maximum absolute atomic E-state index is 11.9. The Balaban J connectivity index is 2.01. The van der Waals surface area contributed by atoms with E-state index < -0.39 is 0 Å². The van der Waals surface area contributed by atoms with Crippen molar-refractivity contribution in [3.05, 3.63) is 48.0 Å². The van der Waals surface area contributed by atoms with Gasteiger partial charge in [0.1, 0.15) is 11.5 Å². The SMILES string of the molecule is COc1ccc(NC(=O)Nc2ccc(O)cc2C)cc1. The first-order valence-electron chi connectivity index (χ1n) is 6.10. The minimum atomic E-state index is -0.344. The number of aryl methyl sites for hydroxylation is 1. The van der Waals surface area contributed by atoms with Gasteiger partial charge in [0.25, 0.3) is 0 Å². The van der Waals surface area contributed by atoms with E-state index in [1.54, 1.807) is 43.5 Å². The van der Waals surface area contributed by atoms with E-state index in [-0.39, 0.29) is 11.8 Å². The van der Waals surface area contributed by atoms with E-state index >= 15 is 0 Å². The third-order valence-electron chi connectivity index (χ3n) is 2.81. The van der Waals surface area contributed by atoms with Crippen molar-refractivity contribution in [2.75, 3.05) is 17.7 Å². The smallest absolute Gasteiger partial charge is 0.323 e. The lowest BCUT2D eigenvalue weighted by atomic mass is 10.2. The van der Waals surface area contributed by atoms with Crippen LogP contribution in [0.5, 0.6) is 11.5 Å². The zero-order valence-electron chi connectivity index (χ0n) is 11.3. The average Bonchev–Trinajstić information content (AvgIpc) is 2.43. The molecule has 5 nitrogen and oxygen atoms in total. The van der Waals surface area contributed by atoms with Gasteiger partial charge in [0.2, 0.25) is 0 Å². The van der Waals surface area contributed by atoms with Crippen LogP contribution in [0.1, 0.15) is 5.56 Å². The summed E-state index contributed by atoms with van der Waals surface area (Å²) in [5, 5.41) is 14.8. The minimum absolute atomic E-state index is 0.170. The van der Waals surface area contributed by atoms with Crippen LogP contribution in [0.25, 0.3) is 0 Å². The van der Waals surface area contributed by atoms with Gasteiger partial charge in [-0.25, -0.2) is 4.79 Å². The van der Waals surface area contributed by atoms with Crippen molar-refractivity contribution in [1.29, 1.82) is 0 Å². The summed E-state index contributed by atoms with van der Waals surface area (Å²) in [5.74, 6) is 0.897. The van der Waals surface area contributed by atoms with Crippen LogP contribution >= 0.6 is 0 Å². The lowest BCUT2D eigenvalue weighted by Gasteiger charge is -2.10. The van der Waals surface area contributed by atoms with Gasteiger partial charge in [0, 0.05) is 11.4 Å². The summed E-state index contributed by atoms with van der Waals surface area (Å²) in [6.07, 6.45) is 0. The van der Waals surface area contributed by atoms with Crippen molar-refractivity contribution in [2.45, 2.75) is 6.92 Å². The lowest BCUT2D eigenvalue weighted by molar-refractivity contribution is 0.262. The Kier molecular flexibility index (Phi) is 4.10. The number of carbonyl (C=O) groups is 1. The maximum Gasteiger partial charge on any atom is 0.323 e. The van der Waals surface area contributed by atoms with Crippen LogP contribution in [0, 0.1) is 6.92 Å². The van der Waals surface area contributed by atoms with Crippen LogP contribution in [-0.4, -0.2) is 18.2 Å². The Morgan fingerprint density at radius 1 is 1.10 bits per heavy atom. The molecular weight excluding hydrogens is 256 g/mol. The number of anilines is 2. The summed E-state index contributed by atoms with van der Waals surface area (Å²) >= 11 is 0. The Labute approximate surface area is 117 Å². The highest BCUT2D eigenvalue weighted by molar-refractivity contribution is 6.00. The maximum atomic E-state index is 11.9. The van der Waals surface area contributed by atoms with E-state index in [0.29, 0.717) is 11.4 Å². The monoisotopic (exact) mass is 272 g/mol. The molecule has 2 amide bonds. The van der Waals surface area contributed by atoms with Gasteiger partial charge in [-0.3, -0.25) is 0 Å². The lowest BCUT2D eigenvalue weighted by Crippen LogP contribution is -2.19. The highest BCUT2D eigenvalue weighted by Gasteiger charge is 2.05. The zero-order valence-corrected chi connectivity index (χ0v) is 11.3. The first-order chi connectivity index (χ1) is 9.58. The normalized spacial score (nSPS) is 9.90. The molecule has 0 heterocycles. The molecule has 0 aliphatic rings. The second kappa shape index (κ2) is 5.97. The van der Waals surface area contributed by atoms with E-state index in [4.69, 9.17) is 4.74 Å². The van der Waals surface area contributed by atoms with Crippen molar-refractivity contribution < 1.29 is 14.6 Å². The van der Waals surface area contributed by atoms with Crippen LogP contribution in [0.15, 0.2) is 42.5 Å². The van der Waals surface area contributed by atoms with Crippen LogP contribution in [0.3, 0.4) is 0 Å². The van der Waals surface area contributed by atoms with Crippen LogP contribution in [0.2, 0.25) is 0 Å². The largest absolute Gasteiger partial charge is 0.508 e. The Hall–Kier alpha value is -2.69. The molecule has 2 aromatic rings. The quantitative estimate of drug-likeness (QED) is 0.750. The van der Waals surface area contributed by atoms with Gasteiger partial charge in [-0.2, -0.15) is 0 Å². The predicted molar refractivity (Wildman–Crippen MR) is 78.5 cm³/mol. The fraction of sp³-hybridized carbons (Fsp3) is 0.133. The van der Waals surface area contributed by atoms with Gasteiger partial charge in [-0.15, -0.1) is 0 Å².